The molecule has 6 nitrogen and oxygen atoms in total. The summed E-state index contributed by atoms with van der Waals surface area (Å²) < 4.78 is 51.5. The van der Waals surface area contributed by atoms with E-state index in [0.717, 1.165) is 0 Å². The minimum absolute atomic E-state index is 0. The Balaban J connectivity index is -0.0000000112. The van der Waals surface area contributed by atoms with Gasteiger partial charge in [-0.1, -0.05) is 0 Å². The number of rotatable bonds is 0. The van der Waals surface area contributed by atoms with Crippen molar-refractivity contribution in [3.05, 3.63) is 0 Å². The average Bonchev–Trinajstić information content (AvgIpc) is 1.25. The molecule has 0 aliphatic carbocycles. The topological polar surface area (TPSA) is 126 Å². The van der Waals surface area contributed by atoms with E-state index in [0.29, 0.717) is 0 Å². The SMILES string of the molecule is [Li+].[Li+].[Li+].[Li+].[O]=[Ti]([O-])[O-].[O]=[Ti]([O-])[O-]. The molecule has 0 unspecified atom stereocenters. The molecule has 0 N–H and O–H groups in total. The molecule has 0 aromatic rings. The van der Waals surface area contributed by atoms with Gasteiger partial charge in [-0.2, -0.15) is 0 Å². The Kier molecular flexibility index (Phi) is 88.2. The zero-order valence-corrected chi connectivity index (χ0v) is 10.6. The maximum atomic E-state index is 8.58. The zero-order chi connectivity index (χ0) is 7.15. The summed E-state index contributed by atoms with van der Waals surface area (Å²) in [4.78, 5) is 0. The summed E-state index contributed by atoms with van der Waals surface area (Å²) in [6.45, 7) is 0. The van der Waals surface area contributed by atoms with E-state index in [1.165, 1.54) is 0 Å². The van der Waals surface area contributed by atoms with Crippen molar-refractivity contribution >= 4 is 0 Å². The van der Waals surface area contributed by atoms with Crippen LogP contribution in [-0.4, -0.2) is 0 Å². The molecular formula is Li4O6Ti2. The van der Waals surface area contributed by atoms with Crippen LogP contribution in [0.25, 0.3) is 0 Å². The molecule has 0 fully saturated rings. The molecule has 48 valence electrons. The maximum absolute atomic E-state index is 8.58. The summed E-state index contributed by atoms with van der Waals surface area (Å²) in [5.41, 5.74) is 0. The molecule has 0 aliphatic rings. The van der Waals surface area contributed by atoms with E-state index in [1.54, 1.807) is 0 Å². The monoisotopic (exact) mass is 220 g/mol. The Morgan fingerprint density at radius 2 is 0.583 bits per heavy atom. The molecule has 0 aromatic carbocycles. The van der Waals surface area contributed by atoms with Crippen LogP contribution in [0.5, 0.6) is 0 Å². The second-order valence-corrected chi connectivity index (χ2v) is 2.06. The number of hydrogen-bond donors (Lipinski definition) is 0. The molecule has 0 radical (unpaired) electrons. The molecule has 0 aliphatic heterocycles. The van der Waals surface area contributed by atoms with Crippen LogP contribution < -0.4 is 90.2 Å². The van der Waals surface area contributed by atoms with Crippen LogP contribution in [0.4, 0.5) is 0 Å². The van der Waals surface area contributed by atoms with Crippen LogP contribution in [0.15, 0.2) is 0 Å². The van der Waals surface area contributed by atoms with E-state index in [4.69, 9.17) is 21.4 Å². The molecule has 0 heterocycles. The van der Waals surface area contributed by atoms with Crippen molar-refractivity contribution < 1.29 is 134 Å². The summed E-state index contributed by atoms with van der Waals surface area (Å²) in [6.07, 6.45) is 0. The summed E-state index contributed by atoms with van der Waals surface area (Å²) in [6, 6.07) is 0. The second-order valence-electron chi connectivity index (χ2n) is 0.500. The molecule has 0 amide bonds. The van der Waals surface area contributed by atoms with Crippen LogP contribution >= 0.6 is 0 Å². The van der Waals surface area contributed by atoms with Gasteiger partial charge in [0.05, 0.1) is 0 Å². The molecule has 0 rings (SSSR count). The van der Waals surface area contributed by atoms with Gasteiger partial charge in [-0.25, -0.2) is 0 Å². The van der Waals surface area contributed by atoms with Gasteiger partial charge in [0.1, 0.15) is 0 Å². The Morgan fingerprint density at radius 3 is 0.583 bits per heavy atom. The summed E-state index contributed by atoms with van der Waals surface area (Å²) >= 11 is -8.17. The quantitative estimate of drug-likeness (QED) is 0.372. The molecule has 12 heavy (non-hydrogen) atoms. The molecule has 0 saturated heterocycles. The van der Waals surface area contributed by atoms with Gasteiger partial charge in [-0.3, -0.25) is 0 Å². The molecule has 12 heteroatoms. The Labute approximate surface area is 132 Å². The molecular weight excluding hydrogens is 219 g/mol. The van der Waals surface area contributed by atoms with E-state index in [1.807, 2.05) is 0 Å². The van der Waals surface area contributed by atoms with Gasteiger partial charge in [0.2, 0.25) is 0 Å². The fourth-order valence-electron chi connectivity index (χ4n) is 0. The second kappa shape index (κ2) is 29.2. The fourth-order valence-corrected chi connectivity index (χ4v) is 0. The van der Waals surface area contributed by atoms with E-state index in [9.17, 15) is 0 Å². The minimum atomic E-state index is -4.08. The third kappa shape index (κ3) is 188. The van der Waals surface area contributed by atoms with E-state index in [2.05, 4.69) is 0 Å². The van der Waals surface area contributed by atoms with Crippen molar-refractivity contribution in [1.29, 1.82) is 0 Å². The van der Waals surface area contributed by atoms with Crippen molar-refractivity contribution in [3.63, 3.8) is 0 Å². The normalized spacial score (nSPS) is 4.33. The van der Waals surface area contributed by atoms with Crippen molar-refractivity contribution in [2.75, 3.05) is 0 Å². The Bertz CT molecular complexity index is 75.5. The van der Waals surface area contributed by atoms with Gasteiger partial charge >= 0.3 is 134 Å². The molecule has 0 saturated carbocycles. The van der Waals surface area contributed by atoms with Gasteiger partial charge in [0.25, 0.3) is 0 Å². The summed E-state index contributed by atoms with van der Waals surface area (Å²) in [5, 5.41) is 0. The van der Waals surface area contributed by atoms with Crippen molar-refractivity contribution in [2.24, 2.45) is 0 Å². The van der Waals surface area contributed by atoms with Crippen LogP contribution in [0.3, 0.4) is 0 Å². The van der Waals surface area contributed by atoms with Crippen LogP contribution in [0.2, 0.25) is 0 Å². The third-order valence-corrected chi connectivity index (χ3v) is 0. The van der Waals surface area contributed by atoms with E-state index < -0.39 is 37.2 Å². The molecule has 0 atom stereocenters. The Morgan fingerprint density at radius 1 is 0.583 bits per heavy atom. The molecule has 0 bridgehead atoms. The first kappa shape index (κ1) is 36.2. The van der Waals surface area contributed by atoms with Gasteiger partial charge in [-0.15, -0.1) is 0 Å². The average molecular weight is 219 g/mol. The van der Waals surface area contributed by atoms with E-state index >= 15 is 0 Å². The molecule has 0 spiro atoms. The predicted octanol–water partition coefficient (Wildman–Crippen LogP) is -17.0. The van der Waals surface area contributed by atoms with Gasteiger partial charge in [-0.05, 0) is 0 Å². The van der Waals surface area contributed by atoms with Crippen molar-refractivity contribution in [3.8, 4) is 0 Å². The van der Waals surface area contributed by atoms with E-state index in [-0.39, 0.29) is 75.4 Å². The summed E-state index contributed by atoms with van der Waals surface area (Å²) in [5.74, 6) is 0. The van der Waals surface area contributed by atoms with Gasteiger partial charge in [0.15, 0.2) is 0 Å². The standard InChI is InChI=1S/4Li.6O.2Ti/q4*+1;;;4*-1;;. The molecule has 0 aromatic heterocycles. The van der Waals surface area contributed by atoms with Crippen molar-refractivity contribution in [1.82, 2.24) is 0 Å². The Hall–Kier alpha value is 3.26. The van der Waals surface area contributed by atoms with Crippen LogP contribution in [0, 0.1) is 0 Å². The first-order valence-electron chi connectivity index (χ1n) is 1.22. The summed E-state index contributed by atoms with van der Waals surface area (Å²) in [7, 11) is 0. The van der Waals surface area contributed by atoms with Crippen molar-refractivity contribution in [2.45, 2.75) is 0 Å². The number of hydrogen-bond acceptors (Lipinski definition) is 6. The van der Waals surface area contributed by atoms with Crippen LogP contribution in [0.1, 0.15) is 0 Å². The first-order chi connectivity index (χ1) is 3.46. The fraction of sp³-hybridized carbons (Fsp3) is 0. The van der Waals surface area contributed by atoms with Gasteiger partial charge < -0.3 is 0 Å². The third-order valence-electron chi connectivity index (χ3n) is 0. The van der Waals surface area contributed by atoms with Gasteiger partial charge in [0, 0.05) is 0 Å². The predicted molar refractivity (Wildman–Crippen MR) is 1.37 cm³/mol. The zero-order valence-electron chi connectivity index (χ0n) is 7.45. The first-order valence-corrected chi connectivity index (χ1v) is 5.05. The van der Waals surface area contributed by atoms with Crippen LogP contribution in [-0.2, 0) is 43.9 Å².